The molecule has 0 saturated carbocycles. The van der Waals surface area contributed by atoms with Crippen LogP contribution in [0.25, 0.3) is 0 Å². The number of methoxy groups -OCH3 is 1. The molecule has 0 fully saturated rings. The Labute approximate surface area is 117 Å². The number of ether oxygens (including phenoxy) is 1. The maximum Gasteiger partial charge on any atom is 0.123 e. The molecule has 1 unspecified atom stereocenters. The molecule has 1 rings (SSSR count). The number of nitrogens with one attached hydrogen (secondary N) is 1. The molecule has 0 bridgehead atoms. The molecule has 1 aromatic carbocycles. The van der Waals surface area contributed by atoms with Crippen LogP contribution in [0.4, 0.5) is 0 Å². The molecule has 0 aromatic heterocycles. The van der Waals surface area contributed by atoms with Gasteiger partial charge in [-0.15, -0.1) is 0 Å². The van der Waals surface area contributed by atoms with Crippen LogP contribution in [0.2, 0.25) is 0 Å². The van der Waals surface area contributed by atoms with Crippen molar-refractivity contribution in [2.45, 2.75) is 25.9 Å². The van der Waals surface area contributed by atoms with Crippen molar-refractivity contribution in [2.75, 3.05) is 19.1 Å². The second-order valence-corrected chi connectivity index (χ2v) is 5.92. The van der Waals surface area contributed by atoms with Crippen molar-refractivity contribution >= 4 is 27.7 Å². The van der Waals surface area contributed by atoms with E-state index < -0.39 is 0 Å². The molecular weight excluding hydrogens is 298 g/mol. The van der Waals surface area contributed by atoms with Crippen molar-refractivity contribution in [1.29, 1.82) is 0 Å². The summed E-state index contributed by atoms with van der Waals surface area (Å²) >= 11 is 5.38. The molecule has 17 heavy (non-hydrogen) atoms. The average Bonchev–Trinajstić information content (AvgIpc) is 2.34. The fraction of sp³-hybridized carbons (Fsp3) is 0.538. The molecule has 0 spiro atoms. The Morgan fingerprint density at radius 1 is 1.47 bits per heavy atom. The van der Waals surface area contributed by atoms with Crippen LogP contribution >= 0.6 is 27.7 Å². The van der Waals surface area contributed by atoms with Crippen molar-refractivity contribution < 1.29 is 4.74 Å². The molecule has 0 radical (unpaired) electrons. The Balaban J connectivity index is 2.52. The van der Waals surface area contributed by atoms with E-state index in [1.165, 1.54) is 17.7 Å². The molecule has 0 aliphatic rings. The van der Waals surface area contributed by atoms with E-state index in [9.17, 15) is 0 Å². The zero-order valence-corrected chi connectivity index (χ0v) is 13.0. The topological polar surface area (TPSA) is 21.3 Å². The van der Waals surface area contributed by atoms with Crippen LogP contribution in [0.3, 0.4) is 0 Å². The van der Waals surface area contributed by atoms with Gasteiger partial charge in [0.2, 0.25) is 0 Å². The Morgan fingerprint density at radius 2 is 2.24 bits per heavy atom. The molecule has 0 saturated heterocycles. The van der Waals surface area contributed by atoms with E-state index in [4.69, 9.17) is 4.74 Å². The lowest BCUT2D eigenvalue weighted by atomic mass is 10.2. The third kappa shape index (κ3) is 5.32. The summed E-state index contributed by atoms with van der Waals surface area (Å²) in [5.74, 6) is 2.14. The van der Waals surface area contributed by atoms with E-state index >= 15 is 0 Å². The van der Waals surface area contributed by atoms with Gasteiger partial charge in [0.05, 0.1) is 7.11 Å². The minimum Gasteiger partial charge on any atom is -0.496 e. The van der Waals surface area contributed by atoms with Crippen LogP contribution in [-0.4, -0.2) is 25.2 Å². The summed E-state index contributed by atoms with van der Waals surface area (Å²) < 4.78 is 6.44. The lowest BCUT2D eigenvalue weighted by molar-refractivity contribution is 0.405. The van der Waals surface area contributed by atoms with Gasteiger partial charge in [0.15, 0.2) is 0 Å². The molecule has 0 aliphatic carbocycles. The third-order valence-electron chi connectivity index (χ3n) is 2.64. The predicted molar refractivity (Wildman–Crippen MR) is 80.0 cm³/mol. The highest BCUT2D eigenvalue weighted by Gasteiger charge is 2.06. The third-order valence-corrected chi connectivity index (χ3v) is 3.78. The fourth-order valence-corrected chi connectivity index (χ4v) is 2.56. The van der Waals surface area contributed by atoms with Crippen LogP contribution in [0.5, 0.6) is 5.75 Å². The predicted octanol–water partition coefficient (Wildman–Crippen LogP) is 3.69. The van der Waals surface area contributed by atoms with Crippen molar-refractivity contribution in [1.82, 2.24) is 5.32 Å². The molecule has 1 aromatic rings. The summed E-state index contributed by atoms with van der Waals surface area (Å²) in [7, 11) is 1.71. The highest BCUT2D eigenvalue weighted by atomic mass is 79.9. The molecule has 96 valence electrons. The van der Waals surface area contributed by atoms with Gasteiger partial charge in [-0.1, -0.05) is 15.9 Å². The standard InChI is InChI=1S/C13H20BrNOS/c1-10(6-7-17-3)15-9-11-8-12(14)4-5-13(11)16-2/h4-5,8,10,15H,6-7,9H2,1-3H3. The van der Waals surface area contributed by atoms with Crippen LogP contribution < -0.4 is 10.1 Å². The SMILES string of the molecule is COc1ccc(Br)cc1CNC(C)CCSC. The molecule has 1 atom stereocenters. The summed E-state index contributed by atoms with van der Waals surface area (Å²) in [5.41, 5.74) is 1.19. The summed E-state index contributed by atoms with van der Waals surface area (Å²) in [6.45, 7) is 3.07. The normalized spacial score (nSPS) is 12.5. The van der Waals surface area contributed by atoms with Crippen molar-refractivity contribution in [3.05, 3.63) is 28.2 Å². The second kappa shape index (κ2) is 8.01. The maximum atomic E-state index is 5.35. The quantitative estimate of drug-likeness (QED) is 0.828. The first-order valence-electron chi connectivity index (χ1n) is 5.72. The van der Waals surface area contributed by atoms with Crippen LogP contribution in [0.1, 0.15) is 18.9 Å². The number of hydrogen-bond donors (Lipinski definition) is 1. The van der Waals surface area contributed by atoms with Crippen LogP contribution in [-0.2, 0) is 6.54 Å². The first-order chi connectivity index (χ1) is 8.17. The number of rotatable bonds is 7. The number of thioether (sulfide) groups is 1. The molecule has 0 aliphatic heterocycles. The van der Waals surface area contributed by atoms with E-state index in [0.717, 1.165) is 16.8 Å². The minimum atomic E-state index is 0.533. The zero-order chi connectivity index (χ0) is 12.7. The van der Waals surface area contributed by atoms with Crippen LogP contribution in [0.15, 0.2) is 22.7 Å². The average molecular weight is 318 g/mol. The fourth-order valence-electron chi connectivity index (χ4n) is 1.57. The molecular formula is C13H20BrNOS. The van der Waals surface area contributed by atoms with Gasteiger partial charge in [0.25, 0.3) is 0 Å². The van der Waals surface area contributed by atoms with Gasteiger partial charge in [-0.05, 0) is 43.6 Å². The minimum absolute atomic E-state index is 0.533. The summed E-state index contributed by atoms with van der Waals surface area (Å²) in [6.07, 6.45) is 3.33. The first-order valence-corrected chi connectivity index (χ1v) is 7.90. The number of halogens is 1. The van der Waals surface area contributed by atoms with Gasteiger partial charge in [0.1, 0.15) is 5.75 Å². The van der Waals surface area contributed by atoms with E-state index in [0.29, 0.717) is 6.04 Å². The Bertz CT molecular complexity index is 346. The van der Waals surface area contributed by atoms with Crippen molar-refractivity contribution in [3.8, 4) is 5.75 Å². The number of benzene rings is 1. The zero-order valence-electron chi connectivity index (χ0n) is 10.6. The Hall–Kier alpha value is -0.190. The van der Waals surface area contributed by atoms with E-state index in [1.807, 2.05) is 23.9 Å². The molecule has 4 heteroatoms. The van der Waals surface area contributed by atoms with Gasteiger partial charge in [-0.25, -0.2) is 0 Å². The lowest BCUT2D eigenvalue weighted by Gasteiger charge is -2.15. The van der Waals surface area contributed by atoms with Gasteiger partial charge >= 0.3 is 0 Å². The van der Waals surface area contributed by atoms with Crippen LogP contribution in [0, 0.1) is 0 Å². The summed E-state index contributed by atoms with van der Waals surface area (Å²) in [4.78, 5) is 0. The second-order valence-electron chi connectivity index (χ2n) is 4.02. The lowest BCUT2D eigenvalue weighted by Crippen LogP contribution is -2.26. The maximum absolute atomic E-state index is 5.35. The van der Waals surface area contributed by atoms with Gasteiger partial charge in [0, 0.05) is 22.6 Å². The highest BCUT2D eigenvalue weighted by molar-refractivity contribution is 9.10. The van der Waals surface area contributed by atoms with Crippen molar-refractivity contribution in [2.24, 2.45) is 0 Å². The molecule has 0 amide bonds. The van der Waals surface area contributed by atoms with E-state index in [-0.39, 0.29) is 0 Å². The van der Waals surface area contributed by atoms with Crippen molar-refractivity contribution in [3.63, 3.8) is 0 Å². The van der Waals surface area contributed by atoms with E-state index in [1.54, 1.807) is 7.11 Å². The van der Waals surface area contributed by atoms with Gasteiger partial charge in [-0.3, -0.25) is 0 Å². The Morgan fingerprint density at radius 3 is 2.88 bits per heavy atom. The summed E-state index contributed by atoms with van der Waals surface area (Å²) in [5, 5.41) is 3.52. The largest absolute Gasteiger partial charge is 0.496 e. The monoisotopic (exact) mass is 317 g/mol. The molecule has 1 N–H and O–H groups in total. The number of hydrogen-bond acceptors (Lipinski definition) is 3. The van der Waals surface area contributed by atoms with Gasteiger partial charge < -0.3 is 10.1 Å². The Kier molecular flexibility index (Phi) is 7.00. The summed E-state index contributed by atoms with van der Waals surface area (Å²) in [6, 6.07) is 6.63. The van der Waals surface area contributed by atoms with E-state index in [2.05, 4.69) is 40.5 Å². The highest BCUT2D eigenvalue weighted by Crippen LogP contribution is 2.22. The smallest absolute Gasteiger partial charge is 0.123 e. The van der Waals surface area contributed by atoms with Gasteiger partial charge in [-0.2, -0.15) is 11.8 Å². The molecule has 2 nitrogen and oxygen atoms in total. The first kappa shape index (κ1) is 14.9. The molecule has 0 heterocycles.